The van der Waals surface area contributed by atoms with Crippen LogP contribution in [0.2, 0.25) is 44.6 Å². The van der Waals surface area contributed by atoms with E-state index in [0.29, 0.717) is 48.7 Å². The number of sulfone groups is 1. The number of carbonyl (C=O) groups excluding carboxylic acids is 10. The summed E-state index contributed by atoms with van der Waals surface area (Å²) in [5, 5.41) is 3.07. The van der Waals surface area contributed by atoms with Crippen LogP contribution < -0.4 is 5.09 Å². The highest BCUT2D eigenvalue weighted by Crippen LogP contribution is 2.46. The highest BCUT2D eigenvalue weighted by atomic mass is 32.2. The van der Waals surface area contributed by atoms with E-state index in [-0.39, 0.29) is 137 Å². The maximum absolute atomic E-state index is 11.2. The van der Waals surface area contributed by atoms with Crippen LogP contribution in [0, 0.1) is 65.1 Å². The number of thioether (sulfide) groups is 1. The number of ketones is 5. The molecule has 0 bridgehead atoms. The number of nitrogens with one attached hydrogen (secondary N) is 1. The first-order valence-electron chi connectivity index (χ1n) is 49.6. The third kappa shape index (κ3) is 164. The van der Waals surface area contributed by atoms with Gasteiger partial charge < -0.3 is 52.2 Å². The Morgan fingerprint density at radius 3 is 0.821 bits per heavy atom. The van der Waals surface area contributed by atoms with Crippen molar-refractivity contribution in [1.82, 2.24) is 24.7 Å². The van der Waals surface area contributed by atoms with Crippen LogP contribution >= 0.6 is 78.1 Å². The van der Waals surface area contributed by atoms with Gasteiger partial charge in [0.05, 0.1) is 70.0 Å². The van der Waals surface area contributed by atoms with Crippen LogP contribution in [0.5, 0.6) is 0 Å². The van der Waals surface area contributed by atoms with Crippen LogP contribution in [-0.4, -0.2) is 329 Å². The van der Waals surface area contributed by atoms with Crippen molar-refractivity contribution in [3.05, 3.63) is 0 Å². The number of hydrogen-bond donors (Lipinski definition) is 1. The second-order valence-corrected chi connectivity index (χ2v) is 68.9. The molecule has 145 heavy (non-hydrogen) atoms. The van der Waals surface area contributed by atoms with Crippen molar-refractivity contribution >= 4 is 186 Å². The molecule has 882 valence electrons. The fourth-order valence-corrected chi connectivity index (χ4v) is 5.93. The van der Waals surface area contributed by atoms with E-state index >= 15 is 0 Å². The minimum atomic E-state index is -3.24. The molecule has 0 aliphatic heterocycles. The summed E-state index contributed by atoms with van der Waals surface area (Å²) in [5.41, 5.74) is 2.61. The minimum absolute atomic E-state index is 0. The number of ether oxygens (including phenoxy) is 4. The van der Waals surface area contributed by atoms with E-state index in [9.17, 15) is 78.5 Å². The quantitative estimate of drug-likeness (QED) is 0.0174. The summed E-state index contributed by atoms with van der Waals surface area (Å²) < 4.78 is 102. The number of hydrogen-bond acceptors (Lipinski definition) is 28. The Bertz CT molecular complexity index is 3460. The van der Waals surface area contributed by atoms with E-state index in [0.717, 1.165) is 40.7 Å². The highest BCUT2D eigenvalue weighted by molar-refractivity contribution is 8.13. The lowest BCUT2D eigenvalue weighted by Gasteiger charge is -2.19. The molecule has 0 spiro atoms. The summed E-state index contributed by atoms with van der Waals surface area (Å²) >= 11 is 15.9. The normalized spacial score (nSPS) is 11.3. The van der Waals surface area contributed by atoms with Gasteiger partial charge in [0.25, 0.3) is 10.1 Å². The lowest BCUT2D eigenvalue weighted by molar-refractivity contribution is -0.145. The molecule has 0 rings (SSSR count). The zero-order valence-electron chi connectivity index (χ0n) is 105. The Labute approximate surface area is 921 Å². The second-order valence-electron chi connectivity index (χ2n) is 42.4. The molecule has 0 aromatic carbocycles. The number of likely N-dealkylation sites (N-methyl/N-ethyl adjacent to an activating group) is 1. The third-order valence-electron chi connectivity index (χ3n) is 20.0. The maximum atomic E-state index is 11.2. The van der Waals surface area contributed by atoms with Gasteiger partial charge in [-0.15, -0.1) is 7.92 Å². The molecule has 0 aliphatic rings. The first kappa shape index (κ1) is 190. The molecule has 40 heteroatoms. The lowest BCUT2D eigenvalue weighted by Crippen LogP contribution is -2.26. The maximum Gasteiger partial charge on any atom is 0.313 e. The number of Topliss-reactive ketones (excluding diaryl/α,β-unsaturated/α-hetero) is 5. The van der Waals surface area contributed by atoms with Gasteiger partial charge in [0.15, 0.2) is 15.9 Å². The van der Waals surface area contributed by atoms with Crippen molar-refractivity contribution in [2.24, 2.45) is 65.1 Å². The van der Waals surface area contributed by atoms with Crippen LogP contribution in [-0.2, 0) is 109 Å². The van der Waals surface area contributed by atoms with E-state index in [1.54, 1.807) is 137 Å². The van der Waals surface area contributed by atoms with Crippen molar-refractivity contribution < 1.29 is 106 Å². The van der Waals surface area contributed by atoms with Gasteiger partial charge >= 0.3 is 11.9 Å². The monoisotopic (exact) mass is 2290 g/mol. The van der Waals surface area contributed by atoms with Crippen LogP contribution in [0.3, 0.4) is 0 Å². The van der Waals surface area contributed by atoms with Crippen LogP contribution in [0.15, 0.2) is 0 Å². The standard InChI is InChI=1S/C8H15NO2.C7H15NO.C7H12O3.C6H13NO.C6H13NS.C6H12O2.C6H16Si.C5H13B.C5H14NOP.C5H13O2P.C5H10O2.C5H13OP.2C5H10OS.C5H10O.C5H13P.C5H10S.C4H10O3S.C4H10O2S.CH4/c1-6(2)7(10)5-8(11)9(3)4;1-6(2)7(9)5-8(3)4;1-5(2)6(8)4-7(9)10-3;2*1-5(2)6(8)7(3)4;1-5(2)6(7)4-8-3;1-6(2)7(3,4)5;1-5(2)6(3)4;1-5(2)8(4,7)6-3;1-5(2)8(4,6)7-3;1-4(2)5(6)7-3;1-5(2)7(3,4)6;1-4(2)5(6)7-3;1-4(2)5(7)6-3;1-4(2)5(3)6;1-5(2)6(3)4;1-4(2)5(3)6;1-4(2)8(5,6)7-3;1-4(2)7(3,5)6;/h6H,5H2,1-4H3;6H,5H2,1-4H3;5H,4H2,1-3H3;2*5H,1-4H3;5H,4H2,1-3H3;6H,1-5H3;5H,1-4H3;5H,1-4H3,(H,6,7);5H,1-4H3;4H,1-3H3;5H,1-4H3;2*4H,1-3H3;4H,1-3H3;5H,1-4H3;4H,1-3H3;4H,1-3H3;4H,1-3H3;1H4. The van der Waals surface area contributed by atoms with E-state index in [1.807, 2.05) is 189 Å². The lowest BCUT2D eigenvalue weighted by atomic mass is 9.46. The summed E-state index contributed by atoms with van der Waals surface area (Å²) in [6.45, 7) is 102. The van der Waals surface area contributed by atoms with Crippen molar-refractivity contribution in [2.75, 3.05) is 172 Å². The molecule has 2 unspecified atom stereocenters. The fourth-order valence-electron chi connectivity index (χ4n) is 4.13. The van der Waals surface area contributed by atoms with Gasteiger partial charge in [-0.1, -0.05) is 324 Å². The molecule has 0 fully saturated rings. The Morgan fingerprint density at radius 2 is 0.766 bits per heavy atom. The van der Waals surface area contributed by atoms with Crippen LogP contribution in [0.25, 0.3) is 0 Å². The number of methoxy groups -OCH3 is 4. The molecule has 0 aromatic heterocycles. The van der Waals surface area contributed by atoms with Crippen molar-refractivity contribution in [3.63, 3.8) is 0 Å². The third-order valence-corrected chi connectivity index (χ3v) is 39.6. The second kappa shape index (κ2) is 110. The molecule has 0 saturated carbocycles. The van der Waals surface area contributed by atoms with Crippen molar-refractivity contribution in [2.45, 2.75) is 375 Å². The first-order valence-corrected chi connectivity index (χ1v) is 68.4. The number of esters is 2. The van der Waals surface area contributed by atoms with Gasteiger partial charge in [-0.05, 0) is 124 Å². The molecular formula is C105H236BN5O23P4S6Si. The Kier molecular flexibility index (Phi) is 143. The van der Waals surface area contributed by atoms with Gasteiger partial charge in [0, 0.05) is 154 Å². The van der Waals surface area contributed by atoms with Gasteiger partial charge in [-0.25, -0.2) is 8.42 Å². The van der Waals surface area contributed by atoms with Crippen molar-refractivity contribution in [3.8, 4) is 0 Å². The molecule has 1 N–H and O–H groups in total. The summed E-state index contributed by atoms with van der Waals surface area (Å²) in [4.78, 5) is 115. The molecule has 0 heterocycles. The first-order chi connectivity index (χ1) is 63.8. The molecule has 0 saturated heterocycles. The minimum Gasteiger partial charge on any atom is -0.490 e. The molecule has 2 amide bonds. The molecule has 2 atom stereocenters. The van der Waals surface area contributed by atoms with E-state index in [1.165, 1.54) is 51.4 Å². The van der Waals surface area contributed by atoms with Gasteiger partial charge in [-0.3, -0.25) is 61.8 Å². The summed E-state index contributed by atoms with van der Waals surface area (Å²) in [6, 6.07) is 0. The molecule has 28 nitrogen and oxygen atoms in total. The number of carbonyl (C=O) groups is 10. The van der Waals surface area contributed by atoms with E-state index in [4.69, 9.17) is 45.9 Å². The number of rotatable bonds is 30. The number of nitrogens with zero attached hydrogens (tertiary/aromatic N) is 4. The SMILES string of the molecule is C.CB(C)C(C)C.CC(=O)C(C)C.CC(=S)C(C)C.CC(C)C(=O)CC(=O)N(C)C.CC(C)C(=O)CN(C)C.CC(C)C(=O)N(C)C.CC(C)C(=S)N(C)C.CC(C)P(C)(C)=O.CC(C)P(C)C.CC(C)S(C)(=O)=O.CC(C)[Si](C)(C)C.CNP(C)(=O)C(C)C.COC(=O)C(C)C.COC(=O)CC(=O)C(C)C.COC(=S)C(C)C.COCC(=O)C(C)C.COP(C)(=O)C(C)C.COS(=O)(=O)C(C)C.CSC(=O)C(C)C. The summed E-state index contributed by atoms with van der Waals surface area (Å²) in [5.74, 6) is 3.10. The topological polar surface area (TPSA) is 371 Å². The molecule has 0 aromatic rings. The average Bonchev–Trinajstić information content (AvgIpc) is 0.925. The van der Waals surface area contributed by atoms with Crippen molar-refractivity contribution in [1.29, 1.82) is 0 Å². The largest absolute Gasteiger partial charge is 0.490 e. The molecular weight excluding hydrogens is 2050 g/mol. The fraction of sp³-hybridized carbons (Fsp3) is 0.876. The Balaban J connectivity index is -0.0000000633. The summed E-state index contributed by atoms with van der Waals surface area (Å²) in [7, 11) is 12.4. The van der Waals surface area contributed by atoms with Gasteiger partial charge in [-0.2, -0.15) is 8.42 Å². The number of amides is 2. The van der Waals surface area contributed by atoms with E-state index in [2.05, 4.69) is 139 Å². The zero-order valence-corrected chi connectivity index (χ0v) is 115. The van der Waals surface area contributed by atoms with Gasteiger partial charge in [0.1, 0.15) is 60.0 Å². The predicted molar refractivity (Wildman–Crippen MR) is 658 cm³/mol. The molecule has 0 radical (unpaired) electrons. The average molecular weight is 2290 g/mol. The van der Waals surface area contributed by atoms with Crippen LogP contribution in [0.1, 0.15) is 297 Å². The molecule has 0 aliphatic carbocycles. The number of thiocarbonyl (C=S) groups is 3. The zero-order chi connectivity index (χ0) is 121. The predicted octanol–water partition coefficient (Wildman–Crippen LogP) is 26.5. The van der Waals surface area contributed by atoms with Crippen LogP contribution in [0.4, 0.5) is 0 Å². The Hall–Kier alpha value is -2.78. The smallest absolute Gasteiger partial charge is 0.313 e. The van der Waals surface area contributed by atoms with E-state index < -0.39 is 61.1 Å². The Morgan fingerprint density at radius 1 is 0.455 bits per heavy atom. The highest BCUT2D eigenvalue weighted by Gasteiger charge is 2.21. The summed E-state index contributed by atoms with van der Waals surface area (Å²) in [6.07, 6.45) is 2.97. The van der Waals surface area contributed by atoms with Gasteiger partial charge in [0.2, 0.25) is 19.2 Å².